The topological polar surface area (TPSA) is 99.3 Å². The first-order valence-electron chi connectivity index (χ1n) is 6.62. The second-order valence-electron chi connectivity index (χ2n) is 4.73. The van der Waals surface area contributed by atoms with Crippen LogP contribution in [0.2, 0.25) is 0 Å². The lowest BCUT2D eigenvalue weighted by Crippen LogP contribution is -2.42. The maximum absolute atomic E-state index is 11.6. The van der Waals surface area contributed by atoms with Gasteiger partial charge in [0.05, 0.1) is 0 Å². The van der Waals surface area contributed by atoms with Crippen molar-refractivity contribution in [1.82, 2.24) is 10.3 Å². The summed E-state index contributed by atoms with van der Waals surface area (Å²) >= 11 is 0. The quantitative estimate of drug-likeness (QED) is 0.668. The summed E-state index contributed by atoms with van der Waals surface area (Å²) in [5.41, 5.74) is 1.75. The molecule has 1 atom stereocenters. The minimum absolute atomic E-state index is 0.00116. The van der Waals surface area contributed by atoms with E-state index in [0.717, 1.165) is 16.5 Å². The summed E-state index contributed by atoms with van der Waals surface area (Å²) in [6.45, 7) is 0. The zero-order valence-corrected chi connectivity index (χ0v) is 11.3. The van der Waals surface area contributed by atoms with Crippen molar-refractivity contribution in [3.8, 4) is 0 Å². The number of rotatable bonds is 7. The normalized spacial score (nSPS) is 12.0. The number of hydrogen-bond acceptors (Lipinski definition) is 3. The Morgan fingerprint density at radius 1 is 1.33 bits per heavy atom. The Kier molecular flexibility index (Phi) is 4.71. The highest BCUT2D eigenvalue weighted by atomic mass is 16.4. The number of carbonyl (C=O) groups is 3. The lowest BCUT2D eigenvalue weighted by molar-refractivity contribution is -0.141. The van der Waals surface area contributed by atoms with E-state index in [9.17, 15) is 19.5 Å². The molecule has 0 aliphatic heterocycles. The SMILES string of the molecule is O=CCCC(=O)N[C@@H](Cc1c[nH]c2ccccc12)C(=O)O. The molecular weight excluding hydrogens is 272 g/mol. The van der Waals surface area contributed by atoms with Crippen molar-refractivity contribution in [3.63, 3.8) is 0 Å². The van der Waals surface area contributed by atoms with Crippen LogP contribution < -0.4 is 5.32 Å². The monoisotopic (exact) mass is 288 g/mol. The van der Waals surface area contributed by atoms with Crippen LogP contribution in [0.25, 0.3) is 10.9 Å². The molecule has 6 heteroatoms. The molecule has 0 aliphatic rings. The Labute approximate surface area is 121 Å². The first-order valence-corrected chi connectivity index (χ1v) is 6.62. The summed E-state index contributed by atoms with van der Waals surface area (Å²) in [6.07, 6.45) is 2.66. The van der Waals surface area contributed by atoms with Crippen molar-refractivity contribution in [2.45, 2.75) is 25.3 Å². The third-order valence-electron chi connectivity index (χ3n) is 3.22. The molecule has 1 heterocycles. The minimum Gasteiger partial charge on any atom is -0.480 e. The Hall–Kier alpha value is -2.63. The number of para-hydroxylation sites is 1. The lowest BCUT2D eigenvalue weighted by atomic mass is 10.0. The van der Waals surface area contributed by atoms with Gasteiger partial charge in [-0.05, 0) is 11.6 Å². The predicted octanol–water partition coefficient (Wildman–Crippen LogP) is 1.26. The number of benzene rings is 1. The zero-order valence-electron chi connectivity index (χ0n) is 11.3. The lowest BCUT2D eigenvalue weighted by Gasteiger charge is -2.13. The molecule has 0 fully saturated rings. The van der Waals surface area contributed by atoms with Crippen LogP contribution in [-0.2, 0) is 20.8 Å². The second kappa shape index (κ2) is 6.69. The molecule has 6 nitrogen and oxygen atoms in total. The first-order chi connectivity index (χ1) is 10.1. The van der Waals surface area contributed by atoms with Crippen molar-refractivity contribution in [2.75, 3.05) is 0 Å². The molecule has 2 aromatic rings. The average molecular weight is 288 g/mol. The number of nitrogens with one attached hydrogen (secondary N) is 2. The molecule has 0 spiro atoms. The maximum atomic E-state index is 11.6. The zero-order chi connectivity index (χ0) is 15.2. The standard InChI is InChI=1S/C15H16N2O4/c18-7-3-6-14(19)17-13(15(20)21)8-10-9-16-12-5-2-1-4-11(10)12/h1-2,4-5,7,9,13,16H,3,6,8H2,(H,17,19)(H,20,21)/t13-/m0/s1. The van der Waals surface area contributed by atoms with Crippen LogP contribution in [0.4, 0.5) is 0 Å². The number of carboxylic acids is 1. The van der Waals surface area contributed by atoms with Gasteiger partial charge in [0.1, 0.15) is 12.3 Å². The highest BCUT2D eigenvalue weighted by molar-refractivity contribution is 5.87. The summed E-state index contributed by atoms with van der Waals surface area (Å²) < 4.78 is 0. The minimum atomic E-state index is -1.10. The Balaban J connectivity index is 2.11. The number of aromatic amines is 1. The molecule has 0 saturated carbocycles. The summed E-state index contributed by atoms with van der Waals surface area (Å²) in [6, 6.07) is 6.55. The van der Waals surface area contributed by atoms with E-state index in [0.29, 0.717) is 6.29 Å². The molecule has 0 saturated heterocycles. The number of aromatic nitrogens is 1. The van der Waals surface area contributed by atoms with Crippen LogP contribution in [0.1, 0.15) is 18.4 Å². The van der Waals surface area contributed by atoms with Crippen molar-refractivity contribution in [2.24, 2.45) is 0 Å². The van der Waals surface area contributed by atoms with Gasteiger partial charge in [0.15, 0.2) is 0 Å². The van der Waals surface area contributed by atoms with E-state index in [1.807, 2.05) is 24.3 Å². The number of carbonyl (C=O) groups excluding carboxylic acids is 2. The molecule has 2 rings (SSSR count). The van der Waals surface area contributed by atoms with Crippen molar-refractivity contribution in [1.29, 1.82) is 0 Å². The molecule has 0 radical (unpaired) electrons. The second-order valence-corrected chi connectivity index (χ2v) is 4.73. The predicted molar refractivity (Wildman–Crippen MR) is 76.9 cm³/mol. The summed E-state index contributed by atoms with van der Waals surface area (Å²) in [7, 11) is 0. The molecule has 1 aromatic carbocycles. The molecule has 1 amide bonds. The smallest absolute Gasteiger partial charge is 0.326 e. The van der Waals surface area contributed by atoms with E-state index < -0.39 is 17.9 Å². The molecular formula is C15H16N2O4. The van der Waals surface area contributed by atoms with Gasteiger partial charge in [-0.25, -0.2) is 4.79 Å². The number of fused-ring (bicyclic) bond motifs is 1. The van der Waals surface area contributed by atoms with E-state index in [2.05, 4.69) is 10.3 Å². The summed E-state index contributed by atoms with van der Waals surface area (Å²) in [5.74, 6) is -1.53. The Morgan fingerprint density at radius 3 is 2.81 bits per heavy atom. The summed E-state index contributed by atoms with van der Waals surface area (Å²) in [4.78, 5) is 36.1. The molecule has 0 bridgehead atoms. The fraction of sp³-hybridized carbons (Fsp3) is 0.267. The Morgan fingerprint density at radius 2 is 2.10 bits per heavy atom. The number of H-pyrrole nitrogens is 1. The molecule has 0 unspecified atom stereocenters. The van der Waals surface area contributed by atoms with E-state index in [-0.39, 0.29) is 19.3 Å². The highest BCUT2D eigenvalue weighted by Gasteiger charge is 2.21. The van der Waals surface area contributed by atoms with Gasteiger partial charge in [0.2, 0.25) is 5.91 Å². The largest absolute Gasteiger partial charge is 0.480 e. The van der Waals surface area contributed by atoms with Gasteiger partial charge in [-0.15, -0.1) is 0 Å². The van der Waals surface area contributed by atoms with Crippen LogP contribution in [-0.4, -0.2) is 34.3 Å². The van der Waals surface area contributed by atoms with Gasteiger partial charge in [-0.3, -0.25) is 4.79 Å². The van der Waals surface area contributed by atoms with Crippen LogP contribution in [0.3, 0.4) is 0 Å². The third kappa shape index (κ3) is 3.68. The molecule has 110 valence electrons. The number of hydrogen-bond donors (Lipinski definition) is 3. The maximum Gasteiger partial charge on any atom is 0.326 e. The van der Waals surface area contributed by atoms with E-state index in [4.69, 9.17) is 0 Å². The molecule has 3 N–H and O–H groups in total. The van der Waals surface area contributed by atoms with E-state index >= 15 is 0 Å². The van der Waals surface area contributed by atoms with Gasteiger partial charge in [-0.2, -0.15) is 0 Å². The molecule has 0 aliphatic carbocycles. The van der Waals surface area contributed by atoms with Gasteiger partial charge < -0.3 is 20.2 Å². The van der Waals surface area contributed by atoms with Crippen LogP contribution in [0.5, 0.6) is 0 Å². The fourth-order valence-electron chi connectivity index (χ4n) is 2.18. The van der Waals surface area contributed by atoms with Crippen molar-refractivity contribution in [3.05, 3.63) is 36.0 Å². The number of carboxylic acid groups (broad SMARTS) is 1. The first kappa shape index (κ1) is 14.8. The summed E-state index contributed by atoms with van der Waals surface area (Å²) in [5, 5.41) is 12.6. The van der Waals surface area contributed by atoms with Crippen molar-refractivity contribution >= 4 is 29.1 Å². The number of aldehydes is 1. The third-order valence-corrected chi connectivity index (χ3v) is 3.22. The number of aliphatic carboxylic acids is 1. The van der Waals surface area contributed by atoms with Crippen molar-refractivity contribution < 1.29 is 19.5 Å². The number of amides is 1. The van der Waals surface area contributed by atoms with Crippen LogP contribution >= 0.6 is 0 Å². The fourth-order valence-corrected chi connectivity index (χ4v) is 2.18. The van der Waals surface area contributed by atoms with Gasteiger partial charge in [-0.1, -0.05) is 18.2 Å². The van der Waals surface area contributed by atoms with Crippen LogP contribution in [0.15, 0.2) is 30.5 Å². The van der Waals surface area contributed by atoms with E-state index in [1.54, 1.807) is 6.20 Å². The Bertz CT molecular complexity index is 662. The molecule has 1 aromatic heterocycles. The van der Waals surface area contributed by atoms with Gasteiger partial charge >= 0.3 is 5.97 Å². The van der Waals surface area contributed by atoms with E-state index in [1.165, 1.54) is 0 Å². The van der Waals surface area contributed by atoms with Gasteiger partial charge in [0, 0.05) is 36.4 Å². The van der Waals surface area contributed by atoms with Crippen LogP contribution in [0, 0.1) is 0 Å². The molecule has 21 heavy (non-hydrogen) atoms. The van der Waals surface area contributed by atoms with Gasteiger partial charge in [0.25, 0.3) is 0 Å². The highest BCUT2D eigenvalue weighted by Crippen LogP contribution is 2.19. The average Bonchev–Trinajstić information content (AvgIpc) is 2.87.